The van der Waals surface area contributed by atoms with E-state index in [4.69, 9.17) is 16.2 Å². The molecule has 2 amide bonds. The largest absolute Gasteiger partial charge is 0.461 e. The molecule has 0 radical (unpaired) electrons. The normalized spacial score (nSPS) is 21.0. The van der Waals surface area contributed by atoms with Crippen LogP contribution in [0.25, 0.3) is 5.69 Å². The van der Waals surface area contributed by atoms with Crippen LogP contribution in [-0.2, 0) is 20.7 Å². The van der Waals surface area contributed by atoms with Crippen molar-refractivity contribution in [3.63, 3.8) is 0 Å². The number of nitrogens with zero attached hydrogens (tertiary/aromatic N) is 1. The van der Waals surface area contributed by atoms with Crippen LogP contribution < -0.4 is 22.1 Å². The van der Waals surface area contributed by atoms with E-state index in [0.717, 1.165) is 36.2 Å². The van der Waals surface area contributed by atoms with Gasteiger partial charge in [-0.2, -0.15) is 0 Å². The van der Waals surface area contributed by atoms with Crippen LogP contribution in [0.1, 0.15) is 85.7 Å². The molecule has 1 aromatic carbocycles. The Labute approximate surface area is 228 Å². The Bertz CT molecular complexity index is 1260. The second kappa shape index (κ2) is 11.6. The molecule has 0 spiro atoms. The van der Waals surface area contributed by atoms with E-state index in [2.05, 4.69) is 24.5 Å². The summed E-state index contributed by atoms with van der Waals surface area (Å²) in [6.45, 7) is 5.79. The summed E-state index contributed by atoms with van der Waals surface area (Å²) in [5, 5.41) is 5.99. The average molecular weight is 538 g/mol. The van der Waals surface area contributed by atoms with Crippen LogP contribution in [0.5, 0.6) is 0 Å². The van der Waals surface area contributed by atoms with Crippen LogP contribution in [0.15, 0.2) is 30.5 Å². The summed E-state index contributed by atoms with van der Waals surface area (Å²) in [6.07, 6.45) is 6.23. The van der Waals surface area contributed by atoms with E-state index < -0.39 is 17.9 Å². The van der Waals surface area contributed by atoms with Crippen molar-refractivity contribution in [2.24, 2.45) is 16.9 Å². The number of amides is 2. The SMILES string of the molecule is CCC(N)C(=O)NCC(=O)OC1CCC(Nc2cc(-n3ccc4c3CC(C)(C)CC4=O)ccc2C(N)=O)CC1. The number of ether oxygens (including phenoxy) is 1. The minimum absolute atomic E-state index is 0.0645. The van der Waals surface area contributed by atoms with Crippen LogP contribution >= 0.6 is 0 Å². The number of aromatic nitrogens is 1. The maximum absolute atomic E-state index is 12.7. The molecular formula is C29H39N5O5. The Morgan fingerprint density at radius 2 is 1.85 bits per heavy atom. The van der Waals surface area contributed by atoms with Gasteiger partial charge in [-0.25, -0.2) is 0 Å². The van der Waals surface area contributed by atoms with Crippen LogP contribution in [0.4, 0.5) is 5.69 Å². The van der Waals surface area contributed by atoms with Crippen LogP contribution in [0.3, 0.4) is 0 Å². The molecule has 2 aromatic rings. The number of hydrogen-bond acceptors (Lipinski definition) is 7. The number of Topliss-reactive ketones (excluding diaryl/α,β-unsaturated/α-hetero) is 1. The fourth-order valence-electron chi connectivity index (χ4n) is 5.45. The number of ketones is 1. The Morgan fingerprint density at radius 3 is 2.51 bits per heavy atom. The number of nitrogens with one attached hydrogen (secondary N) is 2. The van der Waals surface area contributed by atoms with E-state index in [0.29, 0.717) is 36.9 Å². The molecule has 6 N–H and O–H groups in total. The van der Waals surface area contributed by atoms with Crippen molar-refractivity contribution < 1.29 is 23.9 Å². The van der Waals surface area contributed by atoms with Gasteiger partial charge < -0.3 is 31.4 Å². The number of hydrogen-bond donors (Lipinski definition) is 4. The minimum atomic E-state index is -0.639. The van der Waals surface area contributed by atoms with E-state index >= 15 is 0 Å². The van der Waals surface area contributed by atoms with Gasteiger partial charge in [-0.05, 0) is 68.2 Å². The van der Waals surface area contributed by atoms with Gasteiger partial charge in [-0.3, -0.25) is 19.2 Å². The molecule has 10 heteroatoms. The van der Waals surface area contributed by atoms with Gasteiger partial charge in [0.1, 0.15) is 12.6 Å². The molecule has 1 aromatic heterocycles. The van der Waals surface area contributed by atoms with Crippen LogP contribution in [-0.4, -0.2) is 52.9 Å². The van der Waals surface area contributed by atoms with Crippen molar-refractivity contribution in [2.75, 3.05) is 11.9 Å². The van der Waals surface area contributed by atoms with Crippen LogP contribution in [0, 0.1) is 5.41 Å². The Kier molecular flexibility index (Phi) is 8.44. The maximum Gasteiger partial charge on any atom is 0.325 e. The number of nitrogens with two attached hydrogens (primary N) is 2. The maximum atomic E-state index is 12.7. The molecular weight excluding hydrogens is 498 g/mol. The Morgan fingerprint density at radius 1 is 1.13 bits per heavy atom. The number of anilines is 1. The number of primary amides is 1. The number of carbonyl (C=O) groups excluding carboxylic acids is 4. The summed E-state index contributed by atoms with van der Waals surface area (Å²) in [4.78, 5) is 48.8. The quantitative estimate of drug-likeness (QED) is 0.358. The highest BCUT2D eigenvalue weighted by Gasteiger charge is 2.33. The highest BCUT2D eigenvalue weighted by Crippen LogP contribution is 2.37. The van der Waals surface area contributed by atoms with Gasteiger partial charge in [0.25, 0.3) is 5.91 Å². The third-order valence-electron chi connectivity index (χ3n) is 7.64. The smallest absolute Gasteiger partial charge is 0.325 e. The Balaban J connectivity index is 1.40. The second-order valence-corrected chi connectivity index (χ2v) is 11.4. The Hall–Kier alpha value is -3.66. The molecule has 39 heavy (non-hydrogen) atoms. The lowest BCUT2D eigenvalue weighted by atomic mass is 9.76. The van der Waals surface area contributed by atoms with Crippen molar-refractivity contribution in [2.45, 2.75) is 83.9 Å². The van der Waals surface area contributed by atoms with Crippen molar-refractivity contribution >= 4 is 29.3 Å². The lowest BCUT2D eigenvalue weighted by molar-refractivity contribution is -0.150. The molecule has 2 aliphatic carbocycles. The van der Waals surface area contributed by atoms with Gasteiger partial charge in [0.15, 0.2) is 5.78 Å². The third-order valence-corrected chi connectivity index (χ3v) is 7.64. The van der Waals surface area contributed by atoms with Gasteiger partial charge in [-0.1, -0.05) is 20.8 Å². The number of esters is 1. The van der Waals surface area contributed by atoms with Crippen molar-refractivity contribution in [3.05, 3.63) is 47.3 Å². The van der Waals surface area contributed by atoms with E-state index in [1.165, 1.54) is 0 Å². The number of rotatable bonds is 9. The first-order valence-electron chi connectivity index (χ1n) is 13.6. The zero-order valence-electron chi connectivity index (χ0n) is 22.9. The summed E-state index contributed by atoms with van der Waals surface area (Å²) in [5.74, 6) is -1.23. The predicted octanol–water partition coefficient (Wildman–Crippen LogP) is 2.85. The van der Waals surface area contributed by atoms with Gasteiger partial charge in [0.05, 0.1) is 11.6 Å². The zero-order chi connectivity index (χ0) is 28.3. The first kappa shape index (κ1) is 28.4. The molecule has 1 fully saturated rings. The molecule has 0 aliphatic heterocycles. The number of fused-ring (bicyclic) bond motifs is 1. The molecule has 1 saturated carbocycles. The van der Waals surface area contributed by atoms with Crippen LogP contribution in [0.2, 0.25) is 0 Å². The van der Waals surface area contributed by atoms with Gasteiger partial charge in [0.2, 0.25) is 5.91 Å². The molecule has 2 aliphatic rings. The third kappa shape index (κ3) is 6.68. The number of carbonyl (C=O) groups is 4. The molecule has 0 bridgehead atoms. The molecule has 1 unspecified atom stereocenters. The second-order valence-electron chi connectivity index (χ2n) is 11.4. The molecule has 0 saturated heterocycles. The van der Waals surface area contributed by atoms with Crippen molar-refractivity contribution in [1.29, 1.82) is 0 Å². The van der Waals surface area contributed by atoms with E-state index in [9.17, 15) is 19.2 Å². The monoisotopic (exact) mass is 537 g/mol. The standard InChI is InChI=1S/C29H39N5O5/c1-4-22(30)28(38)32-16-26(36)39-19-8-5-17(6-9-19)33-23-13-18(7-10-20(23)27(31)37)34-12-11-21-24(34)14-29(2,3)15-25(21)35/h7,10-13,17,19,22,33H,4-6,8-9,14-16,30H2,1-3H3,(H2,31,37)(H,32,38). The average Bonchev–Trinajstić information content (AvgIpc) is 3.30. The first-order valence-corrected chi connectivity index (χ1v) is 13.6. The minimum Gasteiger partial charge on any atom is -0.461 e. The summed E-state index contributed by atoms with van der Waals surface area (Å²) in [6, 6.07) is 6.76. The number of benzene rings is 1. The van der Waals surface area contributed by atoms with Crippen molar-refractivity contribution in [1.82, 2.24) is 9.88 Å². The molecule has 1 atom stereocenters. The summed E-state index contributed by atoms with van der Waals surface area (Å²) < 4.78 is 7.56. The summed E-state index contributed by atoms with van der Waals surface area (Å²) in [5.41, 5.74) is 14.8. The summed E-state index contributed by atoms with van der Waals surface area (Å²) in [7, 11) is 0. The van der Waals surface area contributed by atoms with Gasteiger partial charge >= 0.3 is 5.97 Å². The lowest BCUT2D eigenvalue weighted by Crippen LogP contribution is -2.43. The molecule has 210 valence electrons. The topological polar surface area (TPSA) is 159 Å². The first-order chi connectivity index (χ1) is 18.5. The lowest BCUT2D eigenvalue weighted by Gasteiger charge is -2.31. The highest BCUT2D eigenvalue weighted by atomic mass is 16.5. The van der Waals surface area contributed by atoms with Gasteiger partial charge in [0, 0.05) is 41.3 Å². The molecule has 10 nitrogen and oxygen atoms in total. The molecule has 1 heterocycles. The van der Waals surface area contributed by atoms with Crippen molar-refractivity contribution in [3.8, 4) is 5.69 Å². The van der Waals surface area contributed by atoms with E-state index in [1.807, 2.05) is 29.0 Å². The summed E-state index contributed by atoms with van der Waals surface area (Å²) >= 11 is 0. The zero-order valence-corrected chi connectivity index (χ0v) is 22.9. The highest BCUT2D eigenvalue weighted by molar-refractivity contribution is 6.00. The predicted molar refractivity (Wildman–Crippen MR) is 148 cm³/mol. The fourth-order valence-corrected chi connectivity index (χ4v) is 5.45. The van der Waals surface area contributed by atoms with Gasteiger partial charge in [-0.15, -0.1) is 0 Å². The van der Waals surface area contributed by atoms with E-state index in [1.54, 1.807) is 13.0 Å². The fraction of sp³-hybridized carbons (Fsp3) is 0.517. The molecule has 4 rings (SSSR count). The van der Waals surface area contributed by atoms with E-state index in [-0.39, 0.29) is 35.8 Å².